The zero-order valence-corrected chi connectivity index (χ0v) is 15.7. The van der Waals surface area contributed by atoms with Gasteiger partial charge in [0, 0.05) is 34.0 Å². The molecule has 0 fully saturated rings. The van der Waals surface area contributed by atoms with E-state index in [1.54, 1.807) is 0 Å². The molecule has 0 saturated carbocycles. The van der Waals surface area contributed by atoms with Crippen LogP contribution in [0.4, 0.5) is 0 Å². The molecular weight excluding hydrogens is 334 g/mol. The van der Waals surface area contributed by atoms with Crippen LogP contribution >= 0.6 is 0 Å². The molecule has 3 heteroatoms. The van der Waals surface area contributed by atoms with Crippen LogP contribution in [-0.2, 0) is 6.54 Å². The van der Waals surface area contributed by atoms with Gasteiger partial charge in [0.25, 0.3) is 0 Å². The molecule has 4 rings (SSSR count). The minimum absolute atomic E-state index is 0.0174. The lowest BCUT2D eigenvalue weighted by Crippen LogP contribution is -2.09. The number of nitrogens with zero attached hydrogens (tertiary/aromatic N) is 1. The van der Waals surface area contributed by atoms with Gasteiger partial charge in [-0.3, -0.25) is 4.79 Å². The molecule has 27 heavy (non-hydrogen) atoms. The lowest BCUT2D eigenvalue weighted by atomic mass is 10.0. The Balaban J connectivity index is 1.58. The van der Waals surface area contributed by atoms with E-state index in [1.807, 2.05) is 62.5 Å². The Bertz CT molecular complexity index is 1100. The summed E-state index contributed by atoms with van der Waals surface area (Å²) in [4.78, 5) is 12.6. The largest absolute Gasteiger partial charge is 0.491 e. The van der Waals surface area contributed by atoms with Crippen LogP contribution in [0, 0.1) is 5.92 Å². The van der Waals surface area contributed by atoms with E-state index in [2.05, 4.69) is 28.8 Å². The number of Topliss-reactive ketones (excluding diaryl/α,β-unsaturated/α-hetero) is 1. The van der Waals surface area contributed by atoms with Gasteiger partial charge in [-0.05, 0) is 17.5 Å². The number of benzene rings is 3. The molecule has 0 bridgehead atoms. The highest BCUT2D eigenvalue weighted by Gasteiger charge is 2.17. The normalized spacial score (nSPS) is 11.4. The summed E-state index contributed by atoms with van der Waals surface area (Å²) in [6.45, 7) is 5.12. The van der Waals surface area contributed by atoms with Gasteiger partial charge in [0.15, 0.2) is 5.78 Å². The highest BCUT2D eigenvalue weighted by molar-refractivity contribution is 6.08. The average Bonchev–Trinajstić information content (AvgIpc) is 3.06. The molecule has 3 aromatic carbocycles. The van der Waals surface area contributed by atoms with Crippen molar-refractivity contribution in [2.75, 3.05) is 6.61 Å². The van der Waals surface area contributed by atoms with E-state index in [4.69, 9.17) is 4.74 Å². The second-order valence-corrected chi connectivity index (χ2v) is 7.10. The van der Waals surface area contributed by atoms with E-state index >= 15 is 0 Å². The van der Waals surface area contributed by atoms with Gasteiger partial charge in [0.1, 0.15) is 12.4 Å². The quantitative estimate of drug-likeness (QED) is 0.414. The fraction of sp³-hybridized carbons (Fsp3) is 0.208. The predicted octanol–water partition coefficient (Wildman–Crippen LogP) is 5.71. The van der Waals surface area contributed by atoms with Gasteiger partial charge in [-0.25, -0.2) is 0 Å². The van der Waals surface area contributed by atoms with Gasteiger partial charge >= 0.3 is 0 Å². The van der Waals surface area contributed by atoms with Crippen LogP contribution in [0.2, 0.25) is 0 Å². The molecule has 0 radical (unpaired) electrons. The number of aromatic nitrogens is 1. The summed E-state index contributed by atoms with van der Waals surface area (Å²) in [5, 5.41) is 3.31. The Kier molecular flexibility index (Phi) is 4.68. The zero-order valence-electron chi connectivity index (χ0n) is 15.7. The zero-order chi connectivity index (χ0) is 18.8. The molecule has 0 aliphatic carbocycles. The fourth-order valence-electron chi connectivity index (χ4n) is 3.51. The lowest BCUT2D eigenvalue weighted by Gasteiger charge is -2.10. The average molecular weight is 357 g/mol. The third kappa shape index (κ3) is 3.33. The first-order valence-electron chi connectivity index (χ1n) is 9.38. The summed E-state index contributed by atoms with van der Waals surface area (Å²) in [6, 6.07) is 22.4. The molecule has 136 valence electrons. The molecule has 1 aromatic heterocycles. The molecule has 4 aromatic rings. The van der Waals surface area contributed by atoms with E-state index in [1.165, 1.54) is 5.39 Å². The van der Waals surface area contributed by atoms with Crippen LogP contribution in [-0.4, -0.2) is 17.0 Å². The molecule has 0 aliphatic heterocycles. The number of ether oxygens (including phenoxy) is 1. The maximum Gasteiger partial charge on any atom is 0.167 e. The third-order valence-electron chi connectivity index (χ3n) is 4.92. The van der Waals surface area contributed by atoms with Crippen molar-refractivity contribution in [1.29, 1.82) is 0 Å². The van der Waals surface area contributed by atoms with Crippen LogP contribution in [0.3, 0.4) is 0 Å². The fourth-order valence-corrected chi connectivity index (χ4v) is 3.51. The first-order valence-corrected chi connectivity index (χ1v) is 9.38. The first kappa shape index (κ1) is 17.3. The second kappa shape index (κ2) is 7.28. The Morgan fingerprint density at radius 1 is 0.926 bits per heavy atom. The highest BCUT2D eigenvalue weighted by Crippen LogP contribution is 2.26. The van der Waals surface area contributed by atoms with E-state index in [0.29, 0.717) is 13.2 Å². The van der Waals surface area contributed by atoms with Crippen molar-refractivity contribution in [3.63, 3.8) is 0 Å². The number of ketones is 1. The third-order valence-corrected chi connectivity index (χ3v) is 4.92. The number of rotatable bonds is 6. The van der Waals surface area contributed by atoms with Crippen molar-refractivity contribution in [3.05, 3.63) is 78.5 Å². The minimum Gasteiger partial charge on any atom is -0.491 e. The number of hydrogen-bond donors (Lipinski definition) is 0. The van der Waals surface area contributed by atoms with Crippen molar-refractivity contribution in [1.82, 2.24) is 4.57 Å². The smallest absolute Gasteiger partial charge is 0.167 e. The molecule has 1 heterocycles. The molecule has 0 atom stereocenters. The molecule has 0 amide bonds. The van der Waals surface area contributed by atoms with E-state index < -0.39 is 0 Å². The summed E-state index contributed by atoms with van der Waals surface area (Å²) in [5.41, 5.74) is 1.87. The monoisotopic (exact) mass is 357 g/mol. The highest BCUT2D eigenvalue weighted by atomic mass is 16.5. The molecule has 0 spiro atoms. The number of carbonyl (C=O) groups is 1. The number of para-hydroxylation sites is 1. The van der Waals surface area contributed by atoms with Gasteiger partial charge in [0.2, 0.25) is 0 Å². The number of hydrogen-bond acceptors (Lipinski definition) is 2. The summed E-state index contributed by atoms with van der Waals surface area (Å²) < 4.78 is 8.20. The molecular formula is C24H23NO2. The van der Waals surface area contributed by atoms with Crippen LogP contribution in [0.25, 0.3) is 21.7 Å². The SMILES string of the molecule is CC(C)C(=O)c1cn(CCOc2cccc3ccccc23)c2ccccc12. The Morgan fingerprint density at radius 2 is 1.63 bits per heavy atom. The molecule has 0 aliphatic rings. The van der Waals surface area contributed by atoms with Crippen LogP contribution in [0.15, 0.2) is 72.9 Å². The molecule has 0 N–H and O–H groups in total. The maximum absolute atomic E-state index is 12.6. The van der Waals surface area contributed by atoms with E-state index in [0.717, 1.165) is 27.6 Å². The van der Waals surface area contributed by atoms with Crippen LogP contribution in [0.5, 0.6) is 5.75 Å². The first-order chi connectivity index (χ1) is 13.1. The van der Waals surface area contributed by atoms with Crippen molar-refractivity contribution < 1.29 is 9.53 Å². The summed E-state index contributed by atoms with van der Waals surface area (Å²) in [6.07, 6.45) is 1.97. The van der Waals surface area contributed by atoms with Crippen molar-refractivity contribution in [2.24, 2.45) is 5.92 Å². The summed E-state index contributed by atoms with van der Waals surface area (Å²) in [5.74, 6) is 1.05. The predicted molar refractivity (Wildman–Crippen MR) is 111 cm³/mol. The van der Waals surface area contributed by atoms with Gasteiger partial charge in [-0.1, -0.05) is 68.4 Å². The Morgan fingerprint density at radius 3 is 2.44 bits per heavy atom. The van der Waals surface area contributed by atoms with Crippen molar-refractivity contribution >= 4 is 27.5 Å². The Labute approximate surface area is 159 Å². The van der Waals surface area contributed by atoms with Gasteiger partial charge in [-0.15, -0.1) is 0 Å². The molecule has 0 saturated heterocycles. The molecule has 0 unspecified atom stereocenters. The summed E-state index contributed by atoms with van der Waals surface area (Å²) >= 11 is 0. The summed E-state index contributed by atoms with van der Waals surface area (Å²) in [7, 11) is 0. The van der Waals surface area contributed by atoms with E-state index in [9.17, 15) is 4.79 Å². The topological polar surface area (TPSA) is 31.2 Å². The number of carbonyl (C=O) groups excluding carboxylic acids is 1. The lowest BCUT2D eigenvalue weighted by molar-refractivity contribution is 0.0941. The number of fused-ring (bicyclic) bond motifs is 2. The second-order valence-electron chi connectivity index (χ2n) is 7.10. The van der Waals surface area contributed by atoms with Gasteiger partial charge in [0.05, 0.1) is 6.54 Å². The maximum atomic E-state index is 12.6. The van der Waals surface area contributed by atoms with E-state index in [-0.39, 0.29) is 11.7 Å². The Hall–Kier alpha value is -3.07. The van der Waals surface area contributed by atoms with Gasteiger partial charge in [-0.2, -0.15) is 0 Å². The van der Waals surface area contributed by atoms with Crippen molar-refractivity contribution in [2.45, 2.75) is 20.4 Å². The standard InChI is InChI=1S/C24H23NO2/c1-17(2)24(26)21-16-25(22-12-6-5-11-20(21)22)14-15-27-23-13-7-9-18-8-3-4-10-19(18)23/h3-13,16-17H,14-15H2,1-2H3. The minimum atomic E-state index is -0.0174. The van der Waals surface area contributed by atoms with Crippen LogP contribution < -0.4 is 4.74 Å². The van der Waals surface area contributed by atoms with Gasteiger partial charge < -0.3 is 9.30 Å². The molecule has 3 nitrogen and oxygen atoms in total. The van der Waals surface area contributed by atoms with Crippen LogP contribution in [0.1, 0.15) is 24.2 Å². The van der Waals surface area contributed by atoms with Crippen molar-refractivity contribution in [3.8, 4) is 5.75 Å².